The quantitative estimate of drug-likeness (QED) is 0.674. The summed E-state index contributed by atoms with van der Waals surface area (Å²) in [5, 5.41) is 2.66. The Labute approximate surface area is 151 Å². The van der Waals surface area contributed by atoms with Crippen molar-refractivity contribution in [2.45, 2.75) is 13.8 Å². The average Bonchev–Trinajstić information content (AvgIpc) is 2.60. The summed E-state index contributed by atoms with van der Waals surface area (Å²) in [4.78, 5) is 37.4. The molecule has 0 saturated carbocycles. The van der Waals surface area contributed by atoms with Gasteiger partial charge in [0.1, 0.15) is 5.69 Å². The lowest BCUT2D eigenvalue weighted by molar-refractivity contribution is -0.122. The number of nitrogens with two attached hydrogens (primary N) is 1. The summed E-state index contributed by atoms with van der Waals surface area (Å²) in [7, 11) is 1.59. The Morgan fingerprint density at radius 1 is 1.54 bits per heavy atom. The molecule has 1 aromatic heterocycles. The van der Waals surface area contributed by atoms with Crippen LogP contribution in [-0.2, 0) is 9.53 Å². The molecule has 3 N–H and O–H groups in total. The number of carbonyl (C=O) groups excluding carboxylic acids is 2. The van der Waals surface area contributed by atoms with E-state index in [1.165, 1.54) is 0 Å². The third-order valence-electron chi connectivity index (χ3n) is 3.85. The molecule has 26 heavy (non-hydrogen) atoms. The number of methoxy groups -OCH3 is 1. The number of nitrogens with one attached hydrogen (secondary N) is 1. The zero-order valence-corrected chi connectivity index (χ0v) is 15.1. The van der Waals surface area contributed by atoms with Crippen LogP contribution in [0.5, 0.6) is 0 Å². The summed E-state index contributed by atoms with van der Waals surface area (Å²) < 4.78 is 5.10. The minimum Gasteiger partial charge on any atom is -0.383 e. The van der Waals surface area contributed by atoms with E-state index < -0.39 is 5.91 Å². The van der Waals surface area contributed by atoms with Crippen molar-refractivity contribution >= 4 is 24.2 Å². The summed E-state index contributed by atoms with van der Waals surface area (Å²) in [5.41, 5.74) is 7.67. The molecule has 2 amide bonds. The van der Waals surface area contributed by atoms with Crippen LogP contribution in [0.3, 0.4) is 0 Å². The van der Waals surface area contributed by atoms with Gasteiger partial charge in [-0.3, -0.25) is 14.6 Å². The van der Waals surface area contributed by atoms with Crippen LogP contribution in [0.2, 0.25) is 0 Å². The predicted molar refractivity (Wildman–Crippen MR) is 97.9 cm³/mol. The molecule has 0 aliphatic carbocycles. The number of primary amides is 1. The van der Waals surface area contributed by atoms with Gasteiger partial charge in [0.05, 0.1) is 13.2 Å². The van der Waals surface area contributed by atoms with Crippen molar-refractivity contribution in [1.29, 1.82) is 0 Å². The third-order valence-corrected chi connectivity index (χ3v) is 3.85. The molecule has 1 aromatic rings. The molecule has 0 radical (unpaired) electrons. The minimum atomic E-state index is -0.587. The second-order valence-electron chi connectivity index (χ2n) is 5.74. The van der Waals surface area contributed by atoms with Gasteiger partial charge < -0.3 is 20.7 Å². The zero-order chi connectivity index (χ0) is 19.3. The molecule has 2 heterocycles. The van der Waals surface area contributed by atoms with E-state index in [-0.39, 0.29) is 24.0 Å². The van der Waals surface area contributed by atoms with E-state index in [9.17, 15) is 9.59 Å². The highest BCUT2D eigenvalue weighted by Crippen LogP contribution is 2.18. The molecular formula is C17H22N6O3. The number of carbonyl (C=O) groups is 2. The van der Waals surface area contributed by atoms with E-state index in [1.54, 1.807) is 24.3 Å². The van der Waals surface area contributed by atoms with Crippen LogP contribution < -0.4 is 11.1 Å². The third kappa shape index (κ3) is 4.31. The lowest BCUT2D eigenvalue weighted by Crippen LogP contribution is -2.44. The number of aromatic nitrogens is 1. The van der Waals surface area contributed by atoms with Gasteiger partial charge in [-0.05, 0) is 32.2 Å². The lowest BCUT2D eigenvalue weighted by atomic mass is 10.1. The van der Waals surface area contributed by atoms with Gasteiger partial charge in [0, 0.05) is 31.1 Å². The smallest absolute Gasteiger partial charge is 0.267 e. The van der Waals surface area contributed by atoms with Gasteiger partial charge in [-0.25, -0.2) is 9.98 Å². The summed E-state index contributed by atoms with van der Waals surface area (Å²) >= 11 is 0. The molecule has 0 fully saturated rings. The Bertz CT molecular complexity index is 800. The largest absolute Gasteiger partial charge is 0.383 e. The van der Waals surface area contributed by atoms with Crippen LogP contribution in [0.25, 0.3) is 0 Å². The van der Waals surface area contributed by atoms with Crippen LogP contribution >= 0.6 is 0 Å². The fraction of sp³-hybridized carbons (Fsp3) is 0.353. The Morgan fingerprint density at radius 2 is 2.27 bits per heavy atom. The normalized spacial score (nSPS) is 15.1. The highest BCUT2D eigenvalue weighted by Gasteiger charge is 2.24. The molecule has 0 aromatic carbocycles. The molecule has 138 valence electrons. The van der Waals surface area contributed by atoms with Gasteiger partial charge in [-0.2, -0.15) is 0 Å². The standard InChI is InChI=1S/C17H22N6O3/c1-10-7-13(15(18)25)20-8-12(10)11(2)21-17-16(19-3)22-14(24)9-23(17)5-6-26-4/h7-8H,3,5-6,9H2,1-2,4H3,(H2,18,25)(H,22,24). The summed E-state index contributed by atoms with van der Waals surface area (Å²) in [5.74, 6) is 0.00295. The molecule has 9 heteroatoms. The Hall–Kier alpha value is -3.07. The summed E-state index contributed by atoms with van der Waals surface area (Å²) in [6.07, 6.45) is 1.55. The fourth-order valence-corrected chi connectivity index (χ4v) is 2.53. The molecule has 2 rings (SSSR count). The van der Waals surface area contributed by atoms with Gasteiger partial charge in [0.15, 0.2) is 11.6 Å². The number of hydrogen-bond donors (Lipinski definition) is 2. The number of amides is 2. The second kappa shape index (κ2) is 8.34. The topological polar surface area (TPSA) is 122 Å². The number of aryl methyl sites for hydroxylation is 1. The molecule has 1 aliphatic rings. The van der Waals surface area contributed by atoms with Crippen molar-refractivity contribution in [2.75, 3.05) is 26.8 Å². The number of ether oxygens (including phenoxy) is 1. The Kier molecular flexibility index (Phi) is 6.18. The number of hydrogen-bond acceptors (Lipinski definition) is 7. The van der Waals surface area contributed by atoms with E-state index in [4.69, 9.17) is 10.5 Å². The maximum Gasteiger partial charge on any atom is 0.267 e. The number of aliphatic imine (C=N–C) groups is 2. The SMILES string of the molecule is C=NC1=C(N=C(C)c2cnc(C(N)=O)cc2C)N(CCOC)CC(=O)N1. The van der Waals surface area contributed by atoms with Gasteiger partial charge >= 0.3 is 0 Å². The minimum absolute atomic E-state index is 0.145. The Morgan fingerprint density at radius 3 is 2.85 bits per heavy atom. The van der Waals surface area contributed by atoms with Crippen LogP contribution in [0.1, 0.15) is 28.5 Å². The molecule has 0 bridgehead atoms. The average molecular weight is 358 g/mol. The van der Waals surface area contributed by atoms with Crippen LogP contribution in [-0.4, -0.2) is 60.9 Å². The molecule has 0 atom stereocenters. The van der Waals surface area contributed by atoms with Crippen LogP contribution in [0.15, 0.2) is 33.9 Å². The first-order chi connectivity index (χ1) is 12.4. The van der Waals surface area contributed by atoms with Gasteiger partial charge in [-0.15, -0.1) is 0 Å². The molecule has 0 unspecified atom stereocenters. The maximum atomic E-state index is 11.8. The van der Waals surface area contributed by atoms with Crippen molar-refractivity contribution < 1.29 is 14.3 Å². The zero-order valence-electron chi connectivity index (χ0n) is 15.1. The predicted octanol–water partition coefficient (Wildman–Crippen LogP) is 0.203. The van der Waals surface area contributed by atoms with Crippen molar-refractivity contribution in [3.63, 3.8) is 0 Å². The first-order valence-electron chi connectivity index (χ1n) is 7.94. The van der Waals surface area contributed by atoms with Gasteiger partial charge in [-0.1, -0.05) is 0 Å². The monoisotopic (exact) mass is 358 g/mol. The first kappa shape index (κ1) is 19.3. The lowest BCUT2D eigenvalue weighted by Gasteiger charge is -2.29. The number of pyridine rings is 1. The van der Waals surface area contributed by atoms with Gasteiger partial charge in [0.2, 0.25) is 5.91 Å². The van der Waals surface area contributed by atoms with E-state index in [0.29, 0.717) is 24.7 Å². The molecule has 9 nitrogen and oxygen atoms in total. The van der Waals surface area contributed by atoms with E-state index in [1.807, 2.05) is 13.8 Å². The van der Waals surface area contributed by atoms with Crippen molar-refractivity contribution in [2.24, 2.45) is 15.7 Å². The molecule has 0 saturated heterocycles. The highest BCUT2D eigenvalue weighted by atomic mass is 16.5. The second-order valence-corrected chi connectivity index (χ2v) is 5.74. The molecule has 1 aliphatic heterocycles. The summed E-state index contributed by atoms with van der Waals surface area (Å²) in [6, 6.07) is 1.61. The van der Waals surface area contributed by atoms with E-state index >= 15 is 0 Å². The van der Waals surface area contributed by atoms with E-state index in [0.717, 1.165) is 11.1 Å². The Balaban J connectivity index is 2.43. The van der Waals surface area contributed by atoms with Crippen molar-refractivity contribution in [3.05, 3.63) is 40.7 Å². The number of rotatable bonds is 7. The molecular weight excluding hydrogens is 336 g/mol. The highest BCUT2D eigenvalue weighted by molar-refractivity contribution is 6.01. The molecule has 0 spiro atoms. The van der Waals surface area contributed by atoms with Crippen molar-refractivity contribution in [1.82, 2.24) is 15.2 Å². The number of nitrogens with zero attached hydrogens (tertiary/aromatic N) is 4. The summed E-state index contributed by atoms with van der Waals surface area (Å²) in [6.45, 7) is 8.21. The van der Waals surface area contributed by atoms with Gasteiger partial charge in [0.25, 0.3) is 5.91 Å². The first-order valence-corrected chi connectivity index (χ1v) is 7.94. The van der Waals surface area contributed by atoms with Crippen LogP contribution in [0, 0.1) is 6.92 Å². The fourth-order valence-electron chi connectivity index (χ4n) is 2.53. The van der Waals surface area contributed by atoms with E-state index in [2.05, 4.69) is 27.0 Å². The maximum absolute atomic E-state index is 11.8. The van der Waals surface area contributed by atoms with Crippen LogP contribution in [0.4, 0.5) is 0 Å². The van der Waals surface area contributed by atoms with Crippen molar-refractivity contribution in [3.8, 4) is 0 Å².